The first-order valence-electron chi connectivity index (χ1n) is 15.4. The first-order valence-corrected chi connectivity index (χ1v) is 15.4. The van der Waals surface area contributed by atoms with E-state index in [1.165, 1.54) is 12.4 Å². The summed E-state index contributed by atoms with van der Waals surface area (Å²) in [5.41, 5.74) is 1.40. The molecule has 12 heteroatoms. The molecule has 1 aliphatic rings. The lowest BCUT2D eigenvalue weighted by Crippen LogP contribution is -2.37. The summed E-state index contributed by atoms with van der Waals surface area (Å²) >= 11 is 0. The van der Waals surface area contributed by atoms with Crippen LogP contribution in [0.15, 0.2) is 66.5 Å². The average Bonchev–Trinajstić information content (AvgIpc) is 3.06. The van der Waals surface area contributed by atoms with Crippen LogP contribution in [0.2, 0.25) is 0 Å². The van der Waals surface area contributed by atoms with Gasteiger partial charge in [0.15, 0.2) is 17.4 Å². The predicted octanol–water partition coefficient (Wildman–Crippen LogP) is 6.19. The molecular weight excluding hydrogens is 592 g/mol. The van der Waals surface area contributed by atoms with E-state index >= 15 is 0 Å². The van der Waals surface area contributed by atoms with Gasteiger partial charge in [-0.15, -0.1) is 0 Å². The van der Waals surface area contributed by atoms with Crippen molar-refractivity contribution in [1.29, 1.82) is 10.8 Å². The van der Waals surface area contributed by atoms with Gasteiger partial charge in [0.1, 0.15) is 23.1 Å². The van der Waals surface area contributed by atoms with Crippen LogP contribution in [0.3, 0.4) is 0 Å². The van der Waals surface area contributed by atoms with Crippen molar-refractivity contribution in [3.05, 3.63) is 95.1 Å². The predicted molar refractivity (Wildman–Crippen MR) is 177 cm³/mol. The zero-order chi connectivity index (χ0) is 32.7. The van der Waals surface area contributed by atoms with Crippen LogP contribution in [-0.4, -0.2) is 72.9 Å². The van der Waals surface area contributed by atoms with Gasteiger partial charge >= 0.3 is 0 Å². The largest absolute Gasteiger partial charge is 0.494 e. The molecule has 4 rings (SSSR count). The van der Waals surface area contributed by atoms with Gasteiger partial charge in [-0.05, 0) is 38.0 Å². The van der Waals surface area contributed by atoms with Gasteiger partial charge in [0.2, 0.25) is 0 Å². The highest BCUT2D eigenvalue weighted by atomic mass is 19.1. The van der Waals surface area contributed by atoms with Gasteiger partial charge in [-0.25, -0.2) is 18.7 Å². The van der Waals surface area contributed by atoms with Gasteiger partial charge < -0.3 is 30.3 Å². The number of ether oxygens (including phenoxy) is 3. The molecule has 1 aromatic heterocycles. The van der Waals surface area contributed by atoms with Crippen LogP contribution in [0.5, 0.6) is 11.5 Å². The minimum absolute atomic E-state index is 0.000612. The average molecular weight is 634 g/mol. The van der Waals surface area contributed by atoms with Crippen molar-refractivity contribution >= 4 is 23.4 Å². The van der Waals surface area contributed by atoms with Crippen LogP contribution in [-0.2, 0) is 11.3 Å². The number of rotatable bonds is 17. The molecule has 4 N–H and O–H groups in total. The number of morpholine rings is 1. The standard InChI is InChI=1S/C34H41F2N7O3/c1-3-5-9-24(12-13-37)41-33-31(46-17-8-14-43-15-18-44-19-16-43)23-40-34(42-33)32(38)26-10-6-7-11-30(26)39-22-27-28(35)20-25(45-4-2)21-29(27)36/h5-7,9-13,20-21,23,37-39H,3-4,8,14-19,22H2,1-2H3,(H,40,41,42)/b9-5?,24-12+,37-13?,38-32?. The van der Waals surface area contributed by atoms with Crippen LogP contribution in [0.1, 0.15) is 43.6 Å². The Hall–Kier alpha value is -4.68. The fraction of sp³-hybridized carbons (Fsp3) is 0.353. The van der Waals surface area contributed by atoms with Gasteiger partial charge in [-0.2, -0.15) is 0 Å². The quantitative estimate of drug-likeness (QED) is 0.0787. The van der Waals surface area contributed by atoms with Crippen LogP contribution >= 0.6 is 0 Å². The Morgan fingerprint density at radius 2 is 1.87 bits per heavy atom. The summed E-state index contributed by atoms with van der Waals surface area (Å²) in [5, 5.41) is 22.9. The van der Waals surface area contributed by atoms with E-state index in [-0.39, 0.29) is 29.4 Å². The molecule has 244 valence electrons. The van der Waals surface area contributed by atoms with Gasteiger partial charge in [0.05, 0.1) is 32.6 Å². The van der Waals surface area contributed by atoms with E-state index in [0.717, 1.165) is 57.8 Å². The molecular formula is C34H41F2N7O3. The van der Waals surface area contributed by atoms with Crippen molar-refractivity contribution < 1.29 is 23.0 Å². The first-order chi connectivity index (χ1) is 22.4. The molecule has 0 amide bonds. The molecule has 0 atom stereocenters. The molecule has 1 fully saturated rings. The lowest BCUT2D eigenvalue weighted by atomic mass is 10.1. The number of para-hydroxylation sites is 1. The summed E-state index contributed by atoms with van der Waals surface area (Å²) in [6, 6.07) is 9.28. The second-order valence-corrected chi connectivity index (χ2v) is 10.4. The third-order valence-electron chi connectivity index (χ3n) is 7.10. The third kappa shape index (κ3) is 9.66. The normalized spacial score (nSPS) is 13.9. The Morgan fingerprint density at radius 1 is 1.11 bits per heavy atom. The van der Waals surface area contributed by atoms with Crippen LogP contribution in [0.4, 0.5) is 20.3 Å². The second-order valence-electron chi connectivity index (χ2n) is 10.4. The maximum Gasteiger partial charge on any atom is 0.180 e. The van der Waals surface area contributed by atoms with E-state index in [4.69, 9.17) is 25.0 Å². The molecule has 3 aromatic rings. The molecule has 2 heterocycles. The first kappa shape index (κ1) is 34.2. The van der Waals surface area contributed by atoms with Gasteiger partial charge in [-0.1, -0.05) is 31.2 Å². The molecule has 0 radical (unpaired) electrons. The summed E-state index contributed by atoms with van der Waals surface area (Å²) in [5.74, 6) is -0.461. The number of halogens is 2. The molecule has 1 saturated heterocycles. The molecule has 10 nitrogen and oxygen atoms in total. The summed E-state index contributed by atoms with van der Waals surface area (Å²) in [7, 11) is 0. The van der Waals surface area contributed by atoms with Crippen molar-refractivity contribution in [1.82, 2.24) is 14.9 Å². The minimum Gasteiger partial charge on any atom is -0.494 e. The highest BCUT2D eigenvalue weighted by Crippen LogP contribution is 2.27. The number of benzene rings is 2. The number of nitrogens with zero attached hydrogens (tertiary/aromatic N) is 3. The highest BCUT2D eigenvalue weighted by molar-refractivity contribution is 6.12. The van der Waals surface area contributed by atoms with E-state index in [1.54, 1.807) is 37.3 Å². The SMILES string of the molecule is CCC=C/C(=C\C=N)Nc1nc(C(=N)c2ccccc2NCc2c(F)cc(OCC)cc2F)ncc1OCCCN1CCOCC1. The van der Waals surface area contributed by atoms with Gasteiger partial charge in [0.25, 0.3) is 0 Å². The molecule has 46 heavy (non-hydrogen) atoms. The Balaban J connectivity index is 1.55. The van der Waals surface area contributed by atoms with Crippen molar-refractivity contribution in [3.63, 3.8) is 0 Å². The van der Waals surface area contributed by atoms with E-state index in [9.17, 15) is 8.78 Å². The van der Waals surface area contributed by atoms with E-state index in [1.807, 2.05) is 19.1 Å². The summed E-state index contributed by atoms with van der Waals surface area (Å²) in [4.78, 5) is 11.4. The molecule has 0 unspecified atom stereocenters. The van der Waals surface area contributed by atoms with Crippen molar-refractivity contribution in [2.24, 2.45) is 0 Å². The molecule has 0 bridgehead atoms. The summed E-state index contributed by atoms with van der Waals surface area (Å²) in [6.07, 6.45) is 9.69. The Kier molecular flexibility index (Phi) is 13.2. The molecule has 0 spiro atoms. The smallest absolute Gasteiger partial charge is 0.180 e. The number of hydrogen-bond donors (Lipinski definition) is 4. The summed E-state index contributed by atoms with van der Waals surface area (Å²) < 4.78 is 46.2. The zero-order valence-electron chi connectivity index (χ0n) is 26.2. The van der Waals surface area contributed by atoms with E-state index in [2.05, 4.69) is 25.5 Å². The van der Waals surface area contributed by atoms with Crippen molar-refractivity contribution in [2.75, 3.05) is 56.7 Å². The van der Waals surface area contributed by atoms with Crippen LogP contribution in [0, 0.1) is 22.5 Å². The fourth-order valence-electron chi connectivity index (χ4n) is 4.75. The molecule has 2 aromatic carbocycles. The number of hydrogen-bond acceptors (Lipinski definition) is 10. The molecule has 0 aliphatic carbocycles. The minimum atomic E-state index is -0.728. The molecule has 0 saturated carbocycles. The summed E-state index contributed by atoms with van der Waals surface area (Å²) in [6.45, 7) is 8.47. The second kappa shape index (κ2) is 17.7. The lowest BCUT2D eigenvalue weighted by molar-refractivity contribution is 0.0358. The van der Waals surface area contributed by atoms with E-state index in [0.29, 0.717) is 41.7 Å². The Morgan fingerprint density at radius 3 is 2.59 bits per heavy atom. The van der Waals surface area contributed by atoms with E-state index < -0.39 is 11.6 Å². The number of allylic oxidation sites excluding steroid dienone is 3. The van der Waals surface area contributed by atoms with Crippen molar-refractivity contribution in [2.45, 2.75) is 33.2 Å². The Labute approximate surface area is 268 Å². The maximum atomic E-state index is 14.7. The maximum absolute atomic E-state index is 14.7. The lowest BCUT2D eigenvalue weighted by Gasteiger charge is -2.26. The molecule has 1 aliphatic heterocycles. The number of aromatic nitrogens is 2. The van der Waals surface area contributed by atoms with Crippen molar-refractivity contribution in [3.8, 4) is 11.5 Å². The topological polar surface area (TPSA) is 128 Å². The Bertz CT molecular complexity index is 1520. The van der Waals surface area contributed by atoms with Crippen LogP contribution in [0.25, 0.3) is 0 Å². The number of anilines is 2. The fourth-order valence-corrected chi connectivity index (χ4v) is 4.75. The third-order valence-corrected chi connectivity index (χ3v) is 7.10. The monoisotopic (exact) mass is 633 g/mol. The van der Waals surface area contributed by atoms with Gasteiger partial charge in [-0.3, -0.25) is 10.3 Å². The van der Waals surface area contributed by atoms with Crippen LogP contribution < -0.4 is 20.1 Å². The van der Waals surface area contributed by atoms with Gasteiger partial charge in [0, 0.05) is 67.0 Å². The zero-order valence-corrected chi connectivity index (χ0v) is 26.2. The highest BCUT2D eigenvalue weighted by Gasteiger charge is 2.18. The number of nitrogens with one attached hydrogen (secondary N) is 4.